The number of hydrogen-bond donors (Lipinski definition) is 1. The number of fused-ring (bicyclic) bond motifs is 1. The molecule has 26 heavy (non-hydrogen) atoms. The number of hydrogen-bond acceptors (Lipinski definition) is 4. The maximum Gasteiger partial charge on any atom is 0.256 e. The number of benzene rings is 2. The van der Waals surface area contributed by atoms with Crippen LogP contribution in [0.25, 0.3) is 11.6 Å². The van der Waals surface area contributed by atoms with Crippen LogP contribution >= 0.6 is 0 Å². The summed E-state index contributed by atoms with van der Waals surface area (Å²) in [6.45, 7) is 1.92. The van der Waals surface area contributed by atoms with Crippen molar-refractivity contribution in [2.75, 3.05) is 26.6 Å². The Hall–Kier alpha value is -3.21. The van der Waals surface area contributed by atoms with E-state index in [2.05, 4.69) is 5.32 Å². The van der Waals surface area contributed by atoms with Gasteiger partial charge in [-0.05, 0) is 36.3 Å². The quantitative estimate of drug-likeness (QED) is 0.822. The van der Waals surface area contributed by atoms with E-state index in [1.807, 2.05) is 55.5 Å². The molecule has 0 saturated carbocycles. The van der Waals surface area contributed by atoms with Crippen molar-refractivity contribution in [3.63, 3.8) is 0 Å². The number of rotatable bonds is 5. The highest BCUT2D eigenvalue weighted by molar-refractivity contribution is 6.32. The second-order valence-corrected chi connectivity index (χ2v) is 5.85. The molecule has 1 amide bonds. The molecule has 0 bridgehead atoms. The molecule has 2 aromatic carbocycles. The van der Waals surface area contributed by atoms with Gasteiger partial charge in [-0.1, -0.05) is 30.4 Å². The van der Waals surface area contributed by atoms with Crippen LogP contribution in [0, 0.1) is 0 Å². The van der Waals surface area contributed by atoms with E-state index in [0.717, 1.165) is 22.4 Å². The molecule has 0 unspecified atom stereocenters. The third-order valence-electron chi connectivity index (χ3n) is 4.28. The second-order valence-electron chi connectivity index (χ2n) is 5.85. The zero-order valence-corrected chi connectivity index (χ0v) is 15.3. The Bertz CT molecular complexity index is 887. The molecular weight excluding hydrogens is 330 g/mol. The van der Waals surface area contributed by atoms with Gasteiger partial charge in [-0.3, -0.25) is 4.79 Å². The van der Waals surface area contributed by atoms with Crippen molar-refractivity contribution in [3.05, 3.63) is 59.2 Å². The summed E-state index contributed by atoms with van der Waals surface area (Å²) in [6.07, 6.45) is 3.83. The molecule has 3 rings (SSSR count). The summed E-state index contributed by atoms with van der Waals surface area (Å²) >= 11 is 0. The molecule has 0 spiro atoms. The fourth-order valence-corrected chi connectivity index (χ4v) is 3.01. The lowest BCUT2D eigenvalue weighted by atomic mass is 10.0. The summed E-state index contributed by atoms with van der Waals surface area (Å²) in [5.74, 6) is 1.63. The summed E-state index contributed by atoms with van der Waals surface area (Å²) in [5, 5.41) is 2.89. The van der Waals surface area contributed by atoms with Crippen molar-refractivity contribution in [3.8, 4) is 17.2 Å². The zero-order valence-electron chi connectivity index (χ0n) is 15.3. The van der Waals surface area contributed by atoms with Crippen molar-refractivity contribution in [2.45, 2.75) is 6.92 Å². The van der Waals surface area contributed by atoms with Gasteiger partial charge in [-0.2, -0.15) is 0 Å². The first kappa shape index (κ1) is 17.6. The van der Waals surface area contributed by atoms with Gasteiger partial charge >= 0.3 is 0 Å². The topological polar surface area (TPSA) is 56.8 Å². The van der Waals surface area contributed by atoms with E-state index in [1.54, 1.807) is 21.3 Å². The Labute approximate surface area is 152 Å². The minimum atomic E-state index is -0.0850. The molecule has 0 saturated heterocycles. The van der Waals surface area contributed by atoms with Crippen molar-refractivity contribution >= 4 is 23.2 Å². The van der Waals surface area contributed by atoms with Crippen LogP contribution in [0.5, 0.6) is 17.2 Å². The van der Waals surface area contributed by atoms with Gasteiger partial charge in [0.15, 0.2) is 11.5 Å². The summed E-state index contributed by atoms with van der Waals surface area (Å²) in [7, 11) is 4.73. The fraction of sp³-hybridized carbons (Fsp3) is 0.190. The molecule has 0 aromatic heterocycles. The maximum atomic E-state index is 12.3. The summed E-state index contributed by atoms with van der Waals surface area (Å²) in [4.78, 5) is 12.3. The third-order valence-corrected chi connectivity index (χ3v) is 4.28. The Morgan fingerprint density at radius 2 is 1.65 bits per heavy atom. The molecule has 1 heterocycles. The van der Waals surface area contributed by atoms with Crippen molar-refractivity contribution in [1.82, 2.24) is 0 Å². The number of nitrogens with one attached hydrogen (secondary N) is 1. The largest absolute Gasteiger partial charge is 0.493 e. The van der Waals surface area contributed by atoms with Gasteiger partial charge in [0, 0.05) is 11.3 Å². The lowest BCUT2D eigenvalue weighted by molar-refractivity contribution is -0.110. The number of allylic oxidation sites excluding steroid dienone is 2. The molecule has 2 aromatic rings. The van der Waals surface area contributed by atoms with Gasteiger partial charge in [0.1, 0.15) is 0 Å². The maximum absolute atomic E-state index is 12.3. The second kappa shape index (κ2) is 7.35. The standard InChI is InChI=1S/C21H21NO4/c1-13(19-15-7-5-6-8-16(15)22-21(19)23)9-10-14-11-17(24-2)20(26-4)18(12-14)25-3/h5-12H,1-4H3,(H,22,23)/b10-9+,19-13+. The monoisotopic (exact) mass is 351 g/mol. The molecule has 134 valence electrons. The molecule has 0 aliphatic carbocycles. The van der Waals surface area contributed by atoms with Crippen molar-refractivity contribution in [1.29, 1.82) is 0 Å². The van der Waals surface area contributed by atoms with E-state index >= 15 is 0 Å². The lowest BCUT2D eigenvalue weighted by Gasteiger charge is -2.12. The molecule has 0 atom stereocenters. The minimum absolute atomic E-state index is 0.0850. The average Bonchev–Trinajstić information content (AvgIpc) is 3.00. The molecule has 5 heteroatoms. The fourth-order valence-electron chi connectivity index (χ4n) is 3.01. The van der Waals surface area contributed by atoms with Gasteiger partial charge in [-0.25, -0.2) is 0 Å². The molecular formula is C21H21NO4. The SMILES string of the molecule is COc1cc(/C=C/C(C)=C2/C(=O)Nc3ccccc32)cc(OC)c1OC. The van der Waals surface area contributed by atoms with Crippen LogP contribution in [0.15, 0.2) is 48.0 Å². The number of methoxy groups -OCH3 is 3. The highest BCUT2D eigenvalue weighted by Crippen LogP contribution is 2.39. The third kappa shape index (κ3) is 3.16. The zero-order chi connectivity index (χ0) is 18.7. The van der Waals surface area contributed by atoms with Crippen molar-refractivity contribution in [2.24, 2.45) is 0 Å². The summed E-state index contributed by atoms with van der Waals surface area (Å²) in [5.41, 5.74) is 4.20. The Morgan fingerprint density at radius 3 is 2.27 bits per heavy atom. The van der Waals surface area contributed by atoms with E-state index < -0.39 is 0 Å². The number of carbonyl (C=O) groups excluding carboxylic acids is 1. The molecule has 0 radical (unpaired) electrons. The van der Waals surface area contributed by atoms with E-state index in [4.69, 9.17) is 14.2 Å². The van der Waals surface area contributed by atoms with Crippen LogP contribution in [0.2, 0.25) is 0 Å². The van der Waals surface area contributed by atoms with Gasteiger partial charge in [0.2, 0.25) is 5.75 Å². The van der Waals surface area contributed by atoms with Gasteiger partial charge in [-0.15, -0.1) is 0 Å². The number of ether oxygens (including phenoxy) is 3. The average molecular weight is 351 g/mol. The highest BCUT2D eigenvalue weighted by Gasteiger charge is 2.24. The first-order valence-electron chi connectivity index (χ1n) is 8.18. The smallest absolute Gasteiger partial charge is 0.256 e. The summed E-state index contributed by atoms with van der Waals surface area (Å²) < 4.78 is 16.1. The van der Waals surface area contributed by atoms with Gasteiger partial charge in [0.05, 0.1) is 26.9 Å². The van der Waals surface area contributed by atoms with Crippen LogP contribution in [0.1, 0.15) is 18.1 Å². The number of para-hydroxylation sites is 1. The Morgan fingerprint density at radius 1 is 1.00 bits per heavy atom. The lowest BCUT2D eigenvalue weighted by Crippen LogP contribution is -2.04. The van der Waals surface area contributed by atoms with Crippen molar-refractivity contribution < 1.29 is 19.0 Å². The van der Waals surface area contributed by atoms with Crippen LogP contribution in [-0.4, -0.2) is 27.2 Å². The first-order valence-corrected chi connectivity index (χ1v) is 8.18. The van der Waals surface area contributed by atoms with Crippen LogP contribution in [0.3, 0.4) is 0 Å². The predicted molar refractivity (Wildman–Crippen MR) is 103 cm³/mol. The normalized spacial score (nSPS) is 14.8. The van der Waals surface area contributed by atoms with Crippen LogP contribution < -0.4 is 19.5 Å². The molecule has 0 fully saturated rings. The Kier molecular flexibility index (Phi) is 4.98. The van der Waals surface area contributed by atoms with E-state index in [0.29, 0.717) is 22.8 Å². The number of carbonyl (C=O) groups is 1. The number of amides is 1. The molecule has 1 N–H and O–H groups in total. The Balaban J connectivity index is 1.99. The number of anilines is 1. The van der Waals surface area contributed by atoms with E-state index in [1.165, 1.54) is 0 Å². The minimum Gasteiger partial charge on any atom is -0.493 e. The highest BCUT2D eigenvalue weighted by atomic mass is 16.5. The molecule has 1 aliphatic heterocycles. The van der Waals surface area contributed by atoms with E-state index in [9.17, 15) is 4.79 Å². The molecule has 1 aliphatic rings. The molecule has 5 nitrogen and oxygen atoms in total. The predicted octanol–water partition coefficient (Wildman–Crippen LogP) is 4.15. The summed E-state index contributed by atoms with van der Waals surface area (Å²) in [6, 6.07) is 11.4. The van der Waals surface area contributed by atoms with Crippen LogP contribution in [-0.2, 0) is 4.79 Å². The van der Waals surface area contributed by atoms with Gasteiger partial charge < -0.3 is 19.5 Å². The van der Waals surface area contributed by atoms with Gasteiger partial charge in [0.25, 0.3) is 5.91 Å². The first-order chi connectivity index (χ1) is 12.6. The van der Waals surface area contributed by atoms with E-state index in [-0.39, 0.29) is 5.91 Å². The van der Waals surface area contributed by atoms with Crippen LogP contribution in [0.4, 0.5) is 5.69 Å².